The highest BCUT2D eigenvalue weighted by atomic mass is 16.3. The molecule has 8 aromatic carbocycles. The summed E-state index contributed by atoms with van der Waals surface area (Å²) in [6, 6.07) is 67.3. The number of nitrogens with zero attached hydrogens (tertiary/aromatic N) is 2. The van der Waals surface area contributed by atoms with Gasteiger partial charge in [-0.3, -0.25) is 0 Å². The second-order valence-electron chi connectivity index (χ2n) is 14.1. The molecule has 0 amide bonds. The number of hydrogen-bond acceptors (Lipinski definition) is 4. The van der Waals surface area contributed by atoms with E-state index in [2.05, 4.69) is 146 Å². The lowest BCUT2D eigenvalue weighted by Crippen LogP contribution is -1.97. The van der Waals surface area contributed by atoms with Gasteiger partial charge in [0.1, 0.15) is 22.3 Å². The van der Waals surface area contributed by atoms with Gasteiger partial charge in [-0.25, -0.2) is 9.97 Å². The predicted molar refractivity (Wildman–Crippen MR) is 229 cm³/mol. The summed E-state index contributed by atoms with van der Waals surface area (Å²) in [6.07, 6.45) is 0. The second kappa shape index (κ2) is 13.1. The van der Waals surface area contributed by atoms with E-state index in [9.17, 15) is 0 Å². The molecule has 4 nitrogen and oxygen atoms in total. The van der Waals surface area contributed by atoms with Crippen LogP contribution in [0.15, 0.2) is 203 Å². The van der Waals surface area contributed by atoms with Crippen molar-refractivity contribution in [3.63, 3.8) is 0 Å². The predicted octanol–water partition coefficient (Wildman–Crippen LogP) is 14.3. The smallest absolute Gasteiger partial charge is 0.160 e. The van der Waals surface area contributed by atoms with E-state index in [1.165, 1.54) is 5.56 Å². The van der Waals surface area contributed by atoms with Gasteiger partial charge in [-0.15, -0.1) is 0 Å². The van der Waals surface area contributed by atoms with Crippen molar-refractivity contribution in [3.8, 4) is 67.3 Å². The summed E-state index contributed by atoms with van der Waals surface area (Å²) < 4.78 is 13.2. The van der Waals surface area contributed by atoms with Crippen molar-refractivity contribution < 1.29 is 8.83 Å². The van der Waals surface area contributed by atoms with E-state index in [1.807, 2.05) is 48.5 Å². The lowest BCUT2D eigenvalue weighted by atomic mass is 9.91. The normalized spacial score (nSPS) is 11.6. The minimum atomic E-state index is 0.661. The Balaban J connectivity index is 1.15. The highest BCUT2D eigenvalue weighted by molar-refractivity contribution is 6.12. The summed E-state index contributed by atoms with van der Waals surface area (Å²) in [5, 5.41) is 4.35. The van der Waals surface area contributed by atoms with Crippen LogP contribution in [-0.4, -0.2) is 9.97 Å². The van der Waals surface area contributed by atoms with E-state index in [1.54, 1.807) is 0 Å². The van der Waals surface area contributed by atoms with Gasteiger partial charge in [0.15, 0.2) is 5.82 Å². The van der Waals surface area contributed by atoms with Crippen LogP contribution in [0.4, 0.5) is 0 Å². The molecule has 0 unspecified atom stereocenters. The number of benzene rings is 8. The van der Waals surface area contributed by atoms with E-state index in [0.717, 1.165) is 99.8 Å². The Morgan fingerprint density at radius 3 is 1.46 bits per heavy atom. The van der Waals surface area contributed by atoms with E-state index in [4.69, 9.17) is 18.8 Å². The van der Waals surface area contributed by atoms with Gasteiger partial charge in [-0.2, -0.15) is 0 Å². The quantitative estimate of drug-likeness (QED) is 0.172. The maximum absolute atomic E-state index is 6.67. The molecule has 0 atom stereocenters. The Morgan fingerprint density at radius 2 is 0.786 bits per heavy atom. The van der Waals surface area contributed by atoms with Crippen molar-refractivity contribution in [2.24, 2.45) is 0 Å². The van der Waals surface area contributed by atoms with Crippen molar-refractivity contribution in [1.29, 1.82) is 0 Å². The summed E-state index contributed by atoms with van der Waals surface area (Å²) in [5.41, 5.74) is 14.4. The molecular formula is C52H32N2O2. The van der Waals surface area contributed by atoms with Gasteiger partial charge in [-0.1, -0.05) is 170 Å². The Labute approximate surface area is 323 Å². The van der Waals surface area contributed by atoms with E-state index in [0.29, 0.717) is 5.82 Å². The van der Waals surface area contributed by atoms with Gasteiger partial charge < -0.3 is 8.83 Å². The minimum Gasteiger partial charge on any atom is -0.455 e. The largest absolute Gasteiger partial charge is 0.455 e. The molecule has 0 N–H and O–H groups in total. The van der Waals surface area contributed by atoms with Gasteiger partial charge in [0.05, 0.1) is 11.4 Å². The second-order valence-corrected chi connectivity index (χ2v) is 14.1. The van der Waals surface area contributed by atoms with Crippen LogP contribution in [-0.2, 0) is 0 Å². The zero-order valence-electron chi connectivity index (χ0n) is 30.2. The third-order valence-electron chi connectivity index (χ3n) is 10.8. The SMILES string of the molecule is c1ccc(-c2ccc(-c3cc(-c4ccc(-c5cccc6c5oc5ccccc56)cc4-c4cccc5c4oc4ccccc45)nc(-c4ccccc4)n3)cc2)cc1. The van der Waals surface area contributed by atoms with Gasteiger partial charge in [0, 0.05) is 49.4 Å². The van der Waals surface area contributed by atoms with Gasteiger partial charge in [0.25, 0.3) is 0 Å². The molecule has 4 heteroatoms. The molecule has 0 saturated carbocycles. The number of furan rings is 2. The molecule has 0 fully saturated rings. The summed E-state index contributed by atoms with van der Waals surface area (Å²) in [4.78, 5) is 10.5. The Bertz CT molecular complexity index is 3230. The summed E-state index contributed by atoms with van der Waals surface area (Å²) in [6.45, 7) is 0. The maximum Gasteiger partial charge on any atom is 0.160 e. The zero-order chi connectivity index (χ0) is 37.0. The van der Waals surface area contributed by atoms with Crippen LogP contribution < -0.4 is 0 Å². The van der Waals surface area contributed by atoms with Crippen molar-refractivity contribution >= 4 is 43.9 Å². The average molecular weight is 717 g/mol. The summed E-state index contributed by atoms with van der Waals surface area (Å²) >= 11 is 0. The number of aromatic nitrogens is 2. The molecule has 262 valence electrons. The number of para-hydroxylation sites is 4. The third-order valence-corrected chi connectivity index (χ3v) is 10.8. The highest BCUT2D eigenvalue weighted by Gasteiger charge is 2.21. The fourth-order valence-corrected chi connectivity index (χ4v) is 8.01. The molecule has 0 bridgehead atoms. The molecule has 3 heterocycles. The van der Waals surface area contributed by atoms with Gasteiger partial charge >= 0.3 is 0 Å². The first-order chi connectivity index (χ1) is 27.7. The van der Waals surface area contributed by atoms with E-state index in [-0.39, 0.29) is 0 Å². The standard InChI is InChI=1S/C52H32N2O2/c1-3-13-33(14-4-1)34-25-27-35(28-26-34)46-32-47(54-52(53-46)36-15-5-2-6-16-36)39-30-29-37(38-19-11-20-42-40-17-7-9-23-48(40)55-50(38)42)31-45(39)44-22-12-21-43-41-18-8-10-24-49(41)56-51(43)44/h1-32H. The van der Waals surface area contributed by atoms with Crippen LogP contribution in [0.3, 0.4) is 0 Å². The van der Waals surface area contributed by atoms with E-state index < -0.39 is 0 Å². The number of fused-ring (bicyclic) bond motifs is 6. The maximum atomic E-state index is 6.67. The molecule has 56 heavy (non-hydrogen) atoms. The first-order valence-electron chi connectivity index (χ1n) is 18.8. The first-order valence-corrected chi connectivity index (χ1v) is 18.8. The van der Waals surface area contributed by atoms with Gasteiger partial charge in [0.2, 0.25) is 0 Å². The molecule has 0 aliphatic carbocycles. The Kier molecular flexibility index (Phi) is 7.46. The summed E-state index contributed by atoms with van der Waals surface area (Å²) in [7, 11) is 0. The Morgan fingerprint density at radius 1 is 0.286 bits per heavy atom. The Hall–Kier alpha value is -7.56. The van der Waals surface area contributed by atoms with Crippen molar-refractivity contribution in [3.05, 3.63) is 194 Å². The zero-order valence-corrected chi connectivity index (χ0v) is 30.2. The molecule has 3 aromatic heterocycles. The molecule has 0 saturated heterocycles. The van der Waals surface area contributed by atoms with Gasteiger partial charge in [-0.05, 0) is 46.5 Å². The van der Waals surface area contributed by atoms with Crippen LogP contribution in [0.25, 0.3) is 111 Å². The molecule has 0 radical (unpaired) electrons. The van der Waals surface area contributed by atoms with Crippen LogP contribution >= 0.6 is 0 Å². The van der Waals surface area contributed by atoms with Crippen molar-refractivity contribution in [1.82, 2.24) is 9.97 Å². The number of rotatable bonds is 6. The number of hydrogen-bond donors (Lipinski definition) is 0. The average Bonchev–Trinajstić information content (AvgIpc) is 3.86. The van der Waals surface area contributed by atoms with E-state index >= 15 is 0 Å². The van der Waals surface area contributed by atoms with Crippen molar-refractivity contribution in [2.45, 2.75) is 0 Å². The topological polar surface area (TPSA) is 52.1 Å². The molecule has 0 aliphatic heterocycles. The lowest BCUT2D eigenvalue weighted by Gasteiger charge is -2.15. The minimum absolute atomic E-state index is 0.661. The fourth-order valence-electron chi connectivity index (χ4n) is 8.01. The van der Waals surface area contributed by atoms with Crippen LogP contribution in [0.5, 0.6) is 0 Å². The molecule has 11 rings (SSSR count). The first kappa shape index (κ1) is 31.9. The van der Waals surface area contributed by atoms with Crippen LogP contribution in [0, 0.1) is 0 Å². The fraction of sp³-hybridized carbons (Fsp3) is 0. The molecule has 0 aliphatic rings. The van der Waals surface area contributed by atoms with Crippen LogP contribution in [0.1, 0.15) is 0 Å². The highest BCUT2D eigenvalue weighted by Crippen LogP contribution is 2.44. The summed E-state index contributed by atoms with van der Waals surface area (Å²) in [5.74, 6) is 0.661. The van der Waals surface area contributed by atoms with Crippen LogP contribution in [0.2, 0.25) is 0 Å². The monoisotopic (exact) mass is 716 g/mol. The van der Waals surface area contributed by atoms with Crippen molar-refractivity contribution in [2.75, 3.05) is 0 Å². The molecule has 0 spiro atoms. The third kappa shape index (κ3) is 5.39. The molecular weight excluding hydrogens is 685 g/mol. The molecule has 11 aromatic rings. The lowest BCUT2D eigenvalue weighted by molar-refractivity contribution is 0.670.